The summed E-state index contributed by atoms with van der Waals surface area (Å²) in [5, 5.41) is 24.4. The fraction of sp³-hybridized carbons (Fsp3) is 0.231. The summed E-state index contributed by atoms with van der Waals surface area (Å²) < 4.78 is 6.46. The molecule has 1 heterocycles. The van der Waals surface area contributed by atoms with Crippen molar-refractivity contribution in [2.45, 2.75) is 37.5 Å². The first-order chi connectivity index (χ1) is 14.2. The molecule has 1 saturated carbocycles. The van der Waals surface area contributed by atoms with E-state index in [0.717, 1.165) is 45.9 Å². The van der Waals surface area contributed by atoms with Crippen LogP contribution in [0.4, 0.5) is 0 Å². The maximum Gasteiger partial charge on any atom is 0.132 e. The maximum absolute atomic E-state index is 10.0. The van der Waals surface area contributed by atoms with Crippen LogP contribution in [0.1, 0.15) is 43.2 Å². The number of ether oxygens (including phenoxy) is 1. The highest BCUT2D eigenvalue weighted by Crippen LogP contribution is 2.58. The van der Waals surface area contributed by atoms with Crippen molar-refractivity contribution in [2.24, 2.45) is 0 Å². The standard InChI is InChI=1S/C26H22O3/c27-18-6-8-20-16(14-18)4-10-22-24(20)26(12-2-1-3-13-26)25-21-9-7-19(28)15-17(21)5-11-23(25)29-22/h4-11,14-15,27-28H,1-3,12-13H2. The second kappa shape index (κ2) is 5.90. The molecule has 0 aromatic heterocycles. The Labute approximate surface area is 169 Å². The summed E-state index contributed by atoms with van der Waals surface area (Å²) in [6, 6.07) is 19.5. The van der Waals surface area contributed by atoms with Crippen molar-refractivity contribution in [1.29, 1.82) is 0 Å². The summed E-state index contributed by atoms with van der Waals surface area (Å²) >= 11 is 0. The van der Waals surface area contributed by atoms with Crippen LogP contribution in [-0.4, -0.2) is 10.2 Å². The average molecular weight is 382 g/mol. The quantitative estimate of drug-likeness (QED) is 0.353. The van der Waals surface area contributed by atoms with Crippen LogP contribution >= 0.6 is 0 Å². The molecule has 4 aromatic rings. The van der Waals surface area contributed by atoms with Gasteiger partial charge in [-0.3, -0.25) is 0 Å². The van der Waals surface area contributed by atoms with Crippen molar-refractivity contribution >= 4 is 21.5 Å². The monoisotopic (exact) mass is 382 g/mol. The molecule has 1 fully saturated rings. The molecule has 144 valence electrons. The first-order valence-corrected chi connectivity index (χ1v) is 10.4. The molecular weight excluding hydrogens is 360 g/mol. The Morgan fingerprint density at radius 3 is 1.66 bits per heavy atom. The highest BCUT2D eigenvalue weighted by Gasteiger charge is 2.45. The molecule has 3 heteroatoms. The molecule has 2 N–H and O–H groups in total. The van der Waals surface area contributed by atoms with Gasteiger partial charge in [-0.05, 0) is 70.8 Å². The highest BCUT2D eigenvalue weighted by molar-refractivity contribution is 5.96. The van der Waals surface area contributed by atoms with Gasteiger partial charge in [0.25, 0.3) is 0 Å². The van der Waals surface area contributed by atoms with E-state index in [1.165, 1.54) is 30.4 Å². The molecule has 1 aliphatic carbocycles. The largest absolute Gasteiger partial charge is 0.508 e. The first-order valence-electron chi connectivity index (χ1n) is 10.4. The van der Waals surface area contributed by atoms with E-state index >= 15 is 0 Å². The zero-order valence-corrected chi connectivity index (χ0v) is 16.1. The van der Waals surface area contributed by atoms with E-state index in [4.69, 9.17) is 4.74 Å². The molecule has 6 rings (SSSR count). The molecule has 29 heavy (non-hydrogen) atoms. The lowest BCUT2D eigenvalue weighted by molar-refractivity contribution is 0.311. The van der Waals surface area contributed by atoms with E-state index in [2.05, 4.69) is 12.1 Å². The summed E-state index contributed by atoms with van der Waals surface area (Å²) in [6.45, 7) is 0. The third-order valence-electron chi connectivity index (χ3n) is 6.81. The minimum Gasteiger partial charge on any atom is -0.508 e. The van der Waals surface area contributed by atoms with Gasteiger partial charge in [-0.15, -0.1) is 0 Å². The van der Waals surface area contributed by atoms with Gasteiger partial charge < -0.3 is 14.9 Å². The van der Waals surface area contributed by atoms with Crippen LogP contribution in [0.25, 0.3) is 21.5 Å². The summed E-state index contributed by atoms with van der Waals surface area (Å²) in [5.41, 5.74) is 2.39. The Morgan fingerprint density at radius 2 is 1.14 bits per heavy atom. The molecule has 0 radical (unpaired) electrons. The molecule has 0 unspecified atom stereocenters. The van der Waals surface area contributed by atoms with Crippen LogP contribution in [-0.2, 0) is 5.41 Å². The van der Waals surface area contributed by atoms with Gasteiger partial charge in [-0.2, -0.15) is 0 Å². The zero-order valence-electron chi connectivity index (χ0n) is 16.1. The van der Waals surface area contributed by atoms with Crippen molar-refractivity contribution in [3.05, 3.63) is 71.8 Å². The van der Waals surface area contributed by atoms with E-state index in [9.17, 15) is 10.2 Å². The van der Waals surface area contributed by atoms with E-state index in [0.29, 0.717) is 0 Å². The first kappa shape index (κ1) is 16.7. The minimum absolute atomic E-state index is 0.117. The Hall–Kier alpha value is -3.20. The summed E-state index contributed by atoms with van der Waals surface area (Å²) in [6.07, 6.45) is 5.78. The third-order valence-corrected chi connectivity index (χ3v) is 6.81. The summed E-state index contributed by atoms with van der Waals surface area (Å²) in [4.78, 5) is 0. The lowest BCUT2D eigenvalue weighted by Gasteiger charge is -2.44. The zero-order chi connectivity index (χ0) is 19.6. The molecule has 1 aliphatic heterocycles. The molecule has 4 aromatic carbocycles. The van der Waals surface area contributed by atoms with Crippen molar-refractivity contribution in [1.82, 2.24) is 0 Å². The Bertz CT molecular complexity index is 1190. The highest BCUT2D eigenvalue weighted by atomic mass is 16.5. The molecule has 0 saturated heterocycles. The van der Waals surface area contributed by atoms with Crippen LogP contribution in [0.3, 0.4) is 0 Å². The van der Waals surface area contributed by atoms with Gasteiger partial charge in [-0.25, -0.2) is 0 Å². The predicted molar refractivity (Wildman–Crippen MR) is 115 cm³/mol. The predicted octanol–water partition coefficient (Wildman–Crippen LogP) is 6.76. The Balaban J connectivity index is 1.74. The van der Waals surface area contributed by atoms with E-state index in [-0.39, 0.29) is 16.9 Å². The molecule has 0 atom stereocenters. The second-order valence-electron chi connectivity index (χ2n) is 8.43. The van der Waals surface area contributed by atoms with Gasteiger partial charge in [0.1, 0.15) is 23.0 Å². The van der Waals surface area contributed by atoms with Crippen molar-refractivity contribution in [3.63, 3.8) is 0 Å². The van der Waals surface area contributed by atoms with Crippen LogP contribution in [0.15, 0.2) is 60.7 Å². The Kier molecular flexibility index (Phi) is 3.40. The molecular formula is C26H22O3. The normalized spacial score (nSPS) is 17.1. The fourth-order valence-electron chi connectivity index (χ4n) is 5.65. The number of aromatic hydroxyl groups is 2. The summed E-state index contributed by atoms with van der Waals surface area (Å²) in [5.74, 6) is 2.42. The van der Waals surface area contributed by atoms with E-state index in [1.54, 1.807) is 12.1 Å². The van der Waals surface area contributed by atoms with Gasteiger partial charge in [0, 0.05) is 16.5 Å². The number of hydrogen-bond donors (Lipinski definition) is 2. The van der Waals surface area contributed by atoms with Gasteiger partial charge in [-0.1, -0.05) is 43.5 Å². The smallest absolute Gasteiger partial charge is 0.132 e. The number of phenolic OH excluding ortho intramolecular Hbond substituents is 2. The van der Waals surface area contributed by atoms with Gasteiger partial charge >= 0.3 is 0 Å². The maximum atomic E-state index is 10.0. The Morgan fingerprint density at radius 1 is 0.621 bits per heavy atom. The topological polar surface area (TPSA) is 49.7 Å². The second-order valence-corrected chi connectivity index (χ2v) is 8.43. The number of fused-ring (bicyclic) bond motifs is 8. The molecule has 3 nitrogen and oxygen atoms in total. The molecule has 1 spiro atoms. The van der Waals surface area contributed by atoms with E-state index in [1.807, 2.05) is 36.4 Å². The molecule has 2 aliphatic rings. The van der Waals surface area contributed by atoms with Gasteiger partial charge in [0.2, 0.25) is 0 Å². The van der Waals surface area contributed by atoms with Gasteiger partial charge in [0.15, 0.2) is 0 Å². The van der Waals surface area contributed by atoms with Crippen LogP contribution in [0.2, 0.25) is 0 Å². The number of rotatable bonds is 0. The van der Waals surface area contributed by atoms with Crippen LogP contribution in [0, 0.1) is 0 Å². The molecule has 0 amide bonds. The summed E-state index contributed by atoms with van der Waals surface area (Å²) in [7, 11) is 0. The number of benzene rings is 4. The average Bonchev–Trinajstić information content (AvgIpc) is 2.74. The van der Waals surface area contributed by atoms with Crippen molar-refractivity contribution in [2.75, 3.05) is 0 Å². The van der Waals surface area contributed by atoms with Crippen molar-refractivity contribution in [3.8, 4) is 23.0 Å². The lowest BCUT2D eigenvalue weighted by atomic mass is 9.62. The minimum atomic E-state index is -0.117. The number of hydrogen-bond acceptors (Lipinski definition) is 3. The third kappa shape index (κ3) is 2.30. The van der Waals surface area contributed by atoms with Gasteiger partial charge in [0.05, 0.1) is 0 Å². The molecule has 0 bridgehead atoms. The SMILES string of the molecule is Oc1ccc2c3c(ccc2c1)Oc1ccc2cc(O)ccc2c1C31CCCCC1. The van der Waals surface area contributed by atoms with E-state index < -0.39 is 0 Å². The van der Waals surface area contributed by atoms with Crippen LogP contribution in [0.5, 0.6) is 23.0 Å². The number of phenols is 2. The van der Waals surface area contributed by atoms with Crippen molar-refractivity contribution < 1.29 is 14.9 Å². The van der Waals surface area contributed by atoms with Crippen LogP contribution < -0.4 is 4.74 Å². The lowest BCUT2D eigenvalue weighted by Crippen LogP contribution is -2.34. The fourth-order valence-corrected chi connectivity index (χ4v) is 5.65.